The van der Waals surface area contributed by atoms with E-state index in [1.807, 2.05) is 31.2 Å². The molecule has 1 saturated heterocycles. The van der Waals surface area contributed by atoms with E-state index in [1.165, 1.54) is 4.31 Å². The first kappa shape index (κ1) is 19.9. The van der Waals surface area contributed by atoms with E-state index in [0.717, 1.165) is 11.3 Å². The second kappa shape index (κ2) is 8.42. The number of aryl methyl sites for hydroxylation is 1. The average molecular weight is 407 g/mol. The van der Waals surface area contributed by atoms with Crippen LogP contribution in [0.15, 0.2) is 48.5 Å². The Labute approximate surface area is 165 Å². The summed E-state index contributed by atoms with van der Waals surface area (Å²) in [6, 6.07) is 14.4. The molecule has 1 N–H and O–H groups in total. The fraction of sp³-hybridized carbons (Fsp3) is 0.350. The van der Waals surface area contributed by atoms with Crippen LogP contribution < -0.4 is 5.32 Å². The van der Waals surface area contributed by atoms with E-state index >= 15 is 0 Å². The molecule has 1 aliphatic rings. The monoisotopic (exact) mass is 406 g/mol. The van der Waals surface area contributed by atoms with Crippen molar-refractivity contribution in [2.24, 2.45) is 5.92 Å². The summed E-state index contributed by atoms with van der Waals surface area (Å²) in [6.07, 6.45) is 1.35. The number of hydrogen-bond acceptors (Lipinski definition) is 3. The van der Waals surface area contributed by atoms with Gasteiger partial charge in [0.15, 0.2) is 0 Å². The average Bonchev–Trinajstić information content (AvgIpc) is 2.63. The molecule has 2 aromatic carbocycles. The van der Waals surface area contributed by atoms with Gasteiger partial charge in [0, 0.05) is 23.8 Å². The molecule has 0 aromatic heterocycles. The number of nitrogens with zero attached hydrogens (tertiary/aromatic N) is 1. The number of carbonyl (C=O) groups excluding carboxylic acids is 1. The Morgan fingerprint density at radius 2 is 2.00 bits per heavy atom. The first-order valence-electron chi connectivity index (χ1n) is 8.94. The quantitative estimate of drug-likeness (QED) is 0.820. The number of sulfonamides is 1. The molecule has 0 saturated carbocycles. The fourth-order valence-electron chi connectivity index (χ4n) is 3.29. The van der Waals surface area contributed by atoms with Gasteiger partial charge in [0.2, 0.25) is 15.9 Å². The zero-order valence-corrected chi connectivity index (χ0v) is 16.8. The van der Waals surface area contributed by atoms with E-state index in [4.69, 9.17) is 11.6 Å². The standard InChI is InChI=1S/C20H23ClN2O3S/c1-15-6-2-3-10-19(15)22-20(24)17-8-5-11-23(13-17)27(25,26)14-16-7-4-9-18(21)12-16/h2-4,6-7,9-10,12,17H,5,8,11,13-14H2,1H3,(H,22,24)/t17-/m1/s1. The Bertz CT molecular complexity index is 930. The third-order valence-corrected chi connectivity index (χ3v) is 6.84. The molecule has 27 heavy (non-hydrogen) atoms. The van der Waals surface area contributed by atoms with Gasteiger partial charge in [0.25, 0.3) is 0 Å². The number of hydrogen-bond donors (Lipinski definition) is 1. The molecule has 0 unspecified atom stereocenters. The number of anilines is 1. The zero-order chi connectivity index (χ0) is 19.4. The molecule has 0 aliphatic carbocycles. The van der Waals surface area contributed by atoms with Crippen molar-refractivity contribution in [2.45, 2.75) is 25.5 Å². The third-order valence-electron chi connectivity index (χ3n) is 4.79. The van der Waals surface area contributed by atoms with Crippen LogP contribution in [0.3, 0.4) is 0 Å². The number of carbonyl (C=O) groups is 1. The van der Waals surface area contributed by atoms with Crippen LogP contribution in [0, 0.1) is 12.8 Å². The highest BCUT2D eigenvalue weighted by Crippen LogP contribution is 2.24. The van der Waals surface area contributed by atoms with Crippen molar-refractivity contribution in [3.05, 3.63) is 64.7 Å². The van der Waals surface area contributed by atoms with Crippen LogP contribution >= 0.6 is 11.6 Å². The molecular formula is C20H23ClN2O3S. The molecule has 0 bridgehead atoms. The van der Waals surface area contributed by atoms with Gasteiger partial charge in [0.05, 0.1) is 11.7 Å². The predicted molar refractivity (Wildman–Crippen MR) is 108 cm³/mol. The summed E-state index contributed by atoms with van der Waals surface area (Å²) in [4.78, 5) is 12.6. The predicted octanol–water partition coefficient (Wildman–Crippen LogP) is 3.83. The van der Waals surface area contributed by atoms with Crippen LogP contribution in [0.4, 0.5) is 5.69 Å². The van der Waals surface area contributed by atoms with E-state index in [1.54, 1.807) is 24.3 Å². The lowest BCUT2D eigenvalue weighted by Gasteiger charge is -2.31. The maximum absolute atomic E-state index is 12.8. The highest BCUT2D eigenvalue weighted by molar-refractivity contribution is 7.88. The van der Waals surface area contributed by atoms with Crippen molar-refractivity contribution >= 4 is 33.2 Å². The summed E-state index contributed by atoms with van der Waals surface area (Å²) in [5.74, 6) is -0.598. The molecule has 0 radical (unpaired) electrons. The van der Waals surface area contributed by atoms with Gasteiger partial charge in [-0.1, -0.05) is 41.9 Å². The van der Waals surface area contributed by atoms with Crippen LogP contribution in [0.5, 0.6) is 0 Å². The Kier molecular flexibility index (Phi) is 6.19. The Morgan fingerprint density at radius 3 is 2.74 bits per heavy atom. The number of rotatable bonds is 5. The van der Waals surface area contributed by atoms with Crippen molar-refractivity contribution < 1.29 is 13.2 Å². The number of amides is 1. The van der Waals surface area contributed by atoms with Gasteiger partial charge in [-0.15, -0.1) is 0 Å². The highest BCUT2D eigenvalue weighted by Gasteiger charge is 2.32. The van der Waals surface area contributed by atoms with E-state index < -0.39 is 10.0 Å². The molecule has 3 rings (SSSR count). The van der Waals surface area contributed by atoms with Gasteiger partial charge in [-0.2, -0.15) is 0 Å². The normalized spacial score (nSPS) is 18.2. The van der Waals surface area contributed by atoms with Gasteiger partial charge < -0.3 is 5.32 Å². The van der Waals surface area contributed by atoms with E-state index in [9.17, 15) is 13.2 Å². The molecule has 1 atom stereocenters. The summed E-state index contributed by atoms with van der Waals surface area (Å²) in [7, 11) is -3.51. The first-order chi connectivity index (χ1) is 12.8. The SMILES string of the molecule is Cc1ccccc1NC(=O)[C@@H]1CCCN(S(=O)(=O)Cc2cccc(Cl)c2)C1. The van der Waals surface area contributed by atoms with E-state index in [0.29, 0.717) is 30.0 Å². The van der Waals surface area contributed by atoms with Crippen molar-refractivity contribution in [3.63, 3.8) is 0 Å². The molecule has 1 aliphatic heterocycles. The van der Waals surface area contributed by atoms with Crippen LogP contribution in [0.25, 0.3) is 0 Å². The van der Waals surface area contributed by atoms with Crippen LogP contribution in [-0.2, 0) is 20.6 Å². The topological polar surface area (TPSA) is 66.5 Å². The van der Waals surface area contributed by atoms with Crippen molar-refractivity contribution in [2.75, 3.05) is 18.4 Å². The summed E-state index contributed by atoms with van der Waals surface area (Å²) < 4.78 is 27.0. The molecule has 0 spiro atoms. The van der Waals surface area contributed by atoms with Gasteiger partial charge >= 0.3 is 0 Å². The Hall–Kier alpha value is -1.89. The van der Waals surface area contributed by atoms with Crippen LogP contribution in [0.1, 0.15) is 24.0 Å². The Morgan fingerprint density at radius 1 is 1.22 bits per heavy atom. The number of para-hydroxylation sites is 1. The molecule has 144 valence electrons. The minimum atomic E-state index is -3.51. The van der Waals surface area contributed by atoms with Crippen molar-refractivity contribution in [1.29, 1.82) is 0 Å². The van der Waals surface area contributed by atoms with E-state index in [2.05, 4.69) is 5.32 Å². The summed E-state index contributed by atoms with van der Waals surface area (Å²) in [6.45, 7) is 2.58. The first-order valence-corrected chi connectivity index (χ1v) is 10.9. The zero-order valence-electron chi connectivity index (χ0n) is 15.2. The number of piperidine rings is 1. The second-order valence-corrected chi connectivity index (χ2v) is 9.29. The summed E-state index contributed by atoms with van der Waals surface area (Å²) in [5.41, 5.74) is 2.39. The lowest BCUT2D eigenvalue weighted by Crippen LogP contribution is -2.44. The molecule has 5 nitrogen and oxygen atoms in total. The smallest absolute Gasteiger partial charge is 0.228 e. The van der Waals surface area contributed by atoms with Gasteiger partial charge in [-0.25, -0.2) is 12.7 Å². The highest BCUT2D eigenvalue weighted by atomic mass is 35.5. The minimum Gasteiger partial charge on any atom is -0.326 e. The second-order valence-electron chi connectivity index (χ2n) is 6.89. The fourth-order valence-corrected chi connectivity index (χ4v) is 5.10. The summed E-state index contributed by atoms with van der Waals surface area (Å²) in [5, 5.41) is 3.44. The number of benzene rings is 2. The lowest BCUT2D eigenvalue weighted by atomic mass is 9.98. The molecule has 7 heteroatoms. The maximum Gasteiger partial charge on any atom is 0.228 e. The molecule has 1 fully saturated rings. The Balaban J connectivity index is 1.67. The summed E-state index contributed by atoms with van der Waals surface area (Å²) >= 11 is 5.95. The number of halogens is 1. The molecular weight excluding hydrogens is 384 g/mol. The molecule has 2 aromatic rings. The molecule has 1 amide bonds. The van der Waals surface area contributed by atoms with Crippen molar-refractivity contribution in [3.8, 4) is 0 Å². The number of nitrogens with one attached hydrogen (secondary N) is 1. The minimum absolute atomic E-state index is 0.111. The van der Waals surface area contributed by atoms with E-state index in [-0.39, 0.29) is 24.1 Å². The lowest BCUT2D eigenvalue weighted by molar-refractivity contribution is -0.120. The third kappa shape index (κ3) is 5.09. The van der Waals surface area contributed by atoms with Gasteiger partial charge in [-0.05, 0) is 49.1 Å². The van der Waals surface area contributed by atoms with Crippen LogP contribution in [0.2, 0.25) is 5.02 Å². The van der Waals surface area contributed by atoms with Crippen molar-refractivity contribution in [1.82, 2.24) is 4.31 Å². The van der Waals surface area contributed by atoms with Gasteiger partial charge in [-0.3, -0.25) is 4.79 Å². The van der Waals surface area contributed by atoms with Gasteiger partial charge in [0.1, 0.15) is 0 Å². The maximum atomic E-state index is 12.8. The van der Waals surface area contributed by atoms with Crippen LogP contribution in [-0.4, -0.2) is 31.7 Å². The molecule has 1 heterocycles. The largest absolute Gasteiger partial charge is 0.326 e.